The molecule has 1 aromatic rings. The number of carboxylic acid groups (broad SMARTS) is 1. The number of rotatable bonds is 5. The van der Waals surface area contributed by atoms with Crippen molar-refractivity contribution in [3.8, 4) is 0 Å². The normalized spacial score (nSPS) is 9.60. The Balaban J connectivity index is 2.11. The van der Waals surface area contributed by atoms with Crippen molar-refractivity contribution in [1.29, 1.82) is 0 Å². The van der Waals surface area contributed by atoms with Crippen molar-refractivity contribution in [2.75, 3.05) is 6.54 Å². The van der Waals surface area contributed by atoms with Crippen molar-refractivity contribution in [2.45, 2.75) is 13.0 Å². The first-order chi connectivity index (χ1) is 7.18. The minimum atomic E-state index is -0.940. The zero-order chi connectivity index (χ0) is 11.1. The summed E-state index contributed by atoms with van der Waals surface area (Å²) >= 11 is 0. The van der Waals surface area contributed by atoms with Gasteiger partial charge in [-0.05, 0) is 6.07 Å². The zero-order valence-corrected chi connectivity index (χ0v) is 8.03. The molecule has 0 radical (unpaired) electrons. The van der Waals surface area contributed by atoms with Gasteiger partial charge in [-0.2, -0.15) is 0 Å². The summed E-state index contributed by atoms with van der Waals surface area (Å²) in [5.74, 6) is -0.940. The fourth-order valence-corrected chi connectivity index (χ4v) is 0.921. The first-order valence-electron chi connectivity index (χ1n) is 4.43. The first kappa shape index (κ1) is 11.1. The van der Waals surface area contributed by atoms with E-state index in [4.69, 9.17) is 9.52 Å². The number of nitrogens with one attached hydrogen (secondary N) is 2. The van der Waals surface area contributed by atoms with Gasteiger partial charge in [-0.3, -0.25) is 4.79 Å². The van der Waals surface area contributed by atoms with E-state index in [1.54, 1.807) is 6.07 Å². The molecule has 1 rings (SSSR count). The van der Waals surface area contributed by atoms with Crippen LogP contribution in [0.4, 0.5) is 4.79 Å². The Morgan fingerprint density at radius 2 is 2.20 bits per heavy atom. The van der Waals surface area contributed by atoms with E-state index in [0.29, 0.717) is 6.54 Å². The summed E-state index contributed by atoms with van der Waals surface area (Å²) in [7, 11) is 0. The van der Waals surface area contributed by atoms with E-state index in [2.05, 4.69) is 10.6 Å². The maximum atomic E-state index is 11.1. The van der Waals surface area contributed by atoms with Gasteiger partial charge in [-0.25, -0.2) is 4.79 Å². The monoisotopic (exact) mass is 212 g/mol. The molecule has 0 saturated heterocycles. The lowest BCUT2D eigenvalue weighted by molar-refractivity contribution is -0.136. The smallest absolute Gasteiger partial charge is 0.315 e. The molecule has 0 saturated carbocycles. The third-order valence-electron chi connectivity index (χ3n) is 1.66. The molecule has 3 N–H and O–H groups in total. The van der Waals surface area contributed by atoms with Gasteiger partial charge in [0.25, 0.3) is 0 Å². The minimum Gasteiger partial charge on any atom is -0.481 e. The van der Waals surface area contributed by atoms with Crippen LogP contribution < -0.4 is 10.6 Å². The predicted molar refractivity (Wildman–Crippen MR) is 51.2 cm³/mol. The number of carbonyl (C=O) groups is 2. The Morgan fingerprint density at radius 3 is 2.80 bits per heavy atom. The molecule has 0 aromatic carbocycles. The Kier molecular flexibility index (Phi) is 4.21. The molecule has 0 atom stereocenters. The van der Waals surface area contributed by atoms with Crippen LogP contribution in [0.3, 0.4) is 0 Å². The molecule has 0 unspecified atom stereocenters. The van der Waals surface area contributed by atoms with E-state index in [-0.39, 0.29) is 13.0 Å². The summed E-state index contributed by atoms with van der Waals surface area (Å²) < 4.78 is 4.81. The molecule has 1 heterocycles. The van der Waals surface area contributed by atoms with Crippen LogP contribution in [-0.2, 0) is 11.3 Å². The van der Waals surface area contributed by atoms with E-state index >= 15 is 0 Å². The molecule has 6 heteroatoms. The van der Waals surface area contributed by atoms with Crippen LogP contribution in [0.25, 0.3) is 0 Å². The van der Waals surface area contributed by atoms with Crippen molar-refractivity contribution in [1.82, 2.24) is 10.6 Å². The van der Waals surface area contributed by atoms with Crippen molar-refractivity contribution in [2.24, 2.45) is 0 Å². The largest absolute Gasteiger partial charge is 0.481 e. The maximum Gasteiger partial charge on any atom is 0.315 e. The lowest BCUT2D eigenvalue weighted by atomic mass is 10.3. The fraction of sp³-hybridized carbons (Fsp3) is 0.333. The number of carbonyl (C=O) groups excluding carboxylic acids is 1. The van der Waals surface area contributed by atoms with Crippen LogP contribution in [0.1, 0.15) is 12.0 Å². The van der Waals surface area contributed by atoms with E-state index in [1.165, 1.54) is 12.5 Å². The van der Waals surface area contributed by atoms with Gasteiger partial charge in [0.15, 0.2) is 0 Å². The van der Waals surface area contributed by atoms with E-state index in [0.717, 1.165) is 5.56 Å². The lowest BCUT2D eigenvalue weighted by Crippen LogP contribution is -2.36. The number of carboxylic acids is 1. The highest BCUT2D eigenvalue weighted by Gasteiger charge is 2.02. The second-order valence-corrected chi connectivity index (χ2v) is 2.88. The van der Waals surface area contributed by atoms with Crippen LogP contribution in [0.5, 0.6) is 0 Å². The van der Waals surface area contributed by atoms with Gasteiger partial charge in [-0.15, -0.1) is 0 Å². The average Bonchev–Trinajstić information content (AvgIpc) is 2.66. The number of amides is 2. The number of hydrogen-bond donors (Lipinski definition) is 3. The van der Waals surface area contributed by atoms with Crippen LogP contribution in [-0.4, -0.2) is 23.7 Å². The summed E-state index contributed by atoms with van der Waals surface area (Å²) in [5.41, 5.74) is 0.850. The van der Waals surface area contributed by atoms with Crippen molar-refractivity contribution in [3.63, 3.8) is 0 Å². The second-order valence-electron chi connectivity index (χ2n) is 2.88. The molecular formula is C9H12N2O4. The molecule has 15 heavy (non-hydrogen) atoms. The number of urea groups is 1. The number of hydrogen-bond acceptors (Lipinski definition) is 3. The highest BCUT2D eigenvalue weighted by atomic mass is 16.4. The molecule has 0 aliphatic rings. The van der Waals surface area contributed by atoms with Crippen LogP contribution in [0, 0.1) is 0 Å². The van der Waals surface area contributed by atoms with Crippen molar-refractivity contribution >= 4 is 12.0 Å². The van der Waals surface area contributed by atoms with Gasteiger partial charge in [0.1, 0.15) is 0 Å². The maximum absolute atomic E-state index is 11.1. The van der Waals surface area contributed by atoms with Crippen LogP contribution in [0.2, 0.25) is 0 Å². The number of aliphatic carboxylic acids is 1. The van der Waals surface area contributed by atoms with Crippen LogP contribution >= 0.6 is 0 Å². The molecular weight excluding hydrogens is 200 g/mol. The van der Waals surface area contributed by atoms with Gasteiger partial charge >= 0.3 is 12.0 Å². The Labute approximate surface area is 86.3 Å². The summed E-state index contributed by atoms with van der Waals surface area (Å²) in [5, 5.41) is 13.3. The van der Waals surface area contributed by atoms with Crippen LogP contribution in [0.15, 0.2) is 23.0 Å². The predicted octanol–water partition coefficient (Wildman–Crippen LogP) is 0.553. The molecule has 82 valence electrons. The third kappa shape index (κ3) is 4.70. The van der Waals surface area contributed by atoms with Gasteiger partial charge in [-0.1, -0.05) is 0 Å². The average molecular weight is 212 g/mol. The summed E-state index contributed by atoms with van der Waals surface area (Å²) in [6.07, 6.45) is 2.95. The molecule has 0 aliphatic heterocycles. The summed E-state index contributed by atoms with van der Waals surface area (Å²) in [4.78, 5) is 21.2. The Hall–Kier alpha value is -1.98. The van der Waals surface area contributed by atoms with Gasteiger partial charge in [0, 0.05) is 18.7 Å². The SMILES string of the molecule is O=C(O)CCNC(=O)NCc1ccoc1. The van der Waals surface area contributed by atoms with Crippen molar-refractivity contribution in [3.05, 3.63) is 24.2 Å². The molecule has 2 amide bonds. The molecule has 0 spiro atoms. The Morgan fingerprint density at radius 1 is 1.40 bits per heavy atom. The first-order valence-corrected chi connectivity index (χ1v) is 4.43. The zero-order valence-electron chi connectivity index (χ0n) is 8.03. The summed E-state index contributed by atoms with van der Waals surface area (Å²) in [6.45, 7) is 0.474. The van der Waals surface area contributed by atoms with E-state index in [1.807, 2.05) is 0 Å². The standard InChI is InChI=1S/C9H12N2O4/c12-8(13)1-3-10-9(14)11-5-7-2-4-15-6-7/h2,4,6H,1,3,5H2,(H,12,13)(H2,10,11,14). The van der Waals surface area contributed by atoms with E-state index in [9.17, 15) is 9.59 Å². The highest BCUT2D eigenvalue weighted by molar-refractivity contribution is 5.74. The third-order valence-corrected chi connectivity index (χ3v) is 1.66. The topological polar surface area (TPSA) is 91.6 Å². The molecule has 6 nitrogen and oxygen atoms in total. The molecule has 0 bridgehead atoms. The lowest BCUT2D eigenvalue weighted by Gasteiger charge is -2.04. The molecule has 0 aliphatic carbocycles. The quantitative estimate of drug-likeness (QED) is 0.664. The minimum absolute atomic E-state index is 0.0842. The van der Waals surface area contributed by atoms with Gasteiger partial charge in [0.2, 0.25) is 0 Å². The van der Waals surface area contributed by atoms with E-state index < -0.39 is 12.0 Å². The highest BCUT2D eigenvalue weighted by Crippen LogP contribution is 1.97. The number of furan rings is 1. The Bertz CT molecular complexity index is 321. The van der Waals surface area contributed by atoms with Gasteiger partial charge < -0.3 is 20.2 Å². The van der Waals surface area contributed by atoms with Gasteiger partial charge in [0.05, 0.1) is 18.9 Å². The second kappa shape index (κ2) is 5.69. The molecule has 1 aromatic heterocycles. The van der Waals surface area contributed by atoms with Crippen molar-refractivity contribution < 1.29 is 19.1 Å². The summed E-state index contributed by atoms with van der Waals surface area (Å²) in [6, 6.07) is 1.34. The fourth-order valence-electron chi connectivity index (χ4n) is 0.921. The molecule has 0 fully saturated rings.